The van der Waals surface area contributed by atoms with Crippen molar-refractivity contribution in [3.05, 3.63) is 48.0 Å². The third-order valence-corrected chi connectivity index (χ3v) is 6.66. The zero-order valence-electron chi connectivity index (χ0n) is 17.9. The van der Waals surface area contributed by atoms with E-state index in [4.69, 9.17) is 19.5 Å². The third-order valence-electron chi connectivity index (χ3n) is 4.76. The standard InChI is InChI=1S/C22H25N3O6S/c1-3-30-21-8-7-19(32(27,28)25-9-11-29-12-10-25)14-20(21)24-22(26)16(2)31-18-6-4-5-17(13-18)15-23/h4-8,13-14,16H,3,9-12H2,1-2H3,(H,24,26). The Labute approximate surface area is 187 Å². The molecule has 1 atom stereocenters. The minimum atomic E-state index is -3.74. The molecule has 1 aliphatic rings. The number of carbonyl (C=O) groups excluding carboxylic acids is 1. The number of carbonyl (C=O) groups is 1. The first-order valence-corrected chi connectivity index (χ1v) is 11.6. The van der Waals surface area contributed by atoms with E-state index in [1.807, 2.05) is 6.07 Å². The van der Waals surface area contributed by atoms with Gasteiger partial charge in [0, 0.05) is 13.1 Å². The first-order chi connectivity index (χ1) is 15.3. The van der Waals surface area contributed by atoms with Crippen LogP contribution >= 0.6 is 0 Å². The summed E-state index contributed by atoms with van der Waals surface area (Å²) in [4.78, 5) is 12.8. The fourth-order valence-corrected chi connectivity index (χ4v) is 4.55. The van der Waals surface area contributed by atoms with Gasteiger partial charge >= 0.3 is 0 Å². The number of amides is 1. The van der Waals surface area contributed by atoms with Crippen LogP contribution < -0.4 is 14.8 Å². The molecule has 1 heterocycles. The summed E-state index contributed by atoms with van der Waals surface area (Å²) < 4.78 is 43.8. The van der Waals surface area contributed by atoms with Gasteiger partial charge in [-0.3, -0.25) is 4.79 Å². The van der Waals surface area contributed by atoms with Crippen LogP contribution in [0, 0.1) is 11.3 Å². The topological polar surface area (TPSA) is 118 Å². The Kier molecular flexibility index (Phi) is 7.69. The van der Waals surface area contributed by atoms with Gasteiger partial charge in [0.2, 0.25) is 10.0 Å². The van der Waals surface area contributed by atoms with Crippen molar-refractivity contribution in [1.29, 1.82) is 5.26 Å². The van der Waals surface area contributed by atoms with E-state index < -0.39 is 22.0 Å². The van der Waals surface area contributed by atoms with Gasteiger partial charge in [-0.15, -0.1) is 0 Å². The van der Waals surface area contributed by atoms with Crippen LogP contribution in [0.2, 0.25) is 0 Å². The Hall–Kier alpha value is -3.13. The van der Waals surface area contributed by atoms with Crippen LogP contribution in [0.4, 0.5) is 5.69 Å². The number of sulfonamides is 1. The van der Waals surface area contributed by atoms with Crippen LogP contribution in [0.25, 0.3) is 0 Å². The average Bonchev–Trinajstić information content (AvgIpc) is 2.80. The molecular weight excluding hydrogens is 434 g/mol. The second kappa shape index (κ2) is 10.5. The maximum atomic E-state index is 13.0. The SMILES string of the molecule is CCOc1ccc(S(=O)(=O)N2CCOCC2)cc1NC(=O)C(C)Oc1cccc(C#N)c1. The Bertz CT molecular complexity index is 1110. The van der Waals surface area contributed by atoms with Gasteiger partial charge in [0.15, 0.2) is 6.10 Å². The molecule has 32 heavy (non-hydrogen) atoms. The predicted octanol–water partition coefficient (Wildman–Crippen LogP) is 2.38. The molecule has 1 N–H and O–H groups in total. The number of nitriles is 1. The molecule has 1 saturated heterocycles. The number of rotatable bonds is 8. The maximum Gasteiger partial charge on any atom is 0.265 e. The normalized spacial score (nSPS) is 15.4. The summed E-state index contributed by atoms with van der Waals surface area (Å²) >= 11 is 0. The average molecular weight is 460 g/mol. The highest BCUT2D eigenvalue weighted by Crippen LogP contribution is 2.30. The van der Waals surface area contributed by atoms with Crippen LogP contribution in [0.1, 0.15) is 19.4 Å². The van der Waals surface area contributed by atoms with Crippen LogP contribution in [0.3, 0.4) is 0 Å². The van der Waals surface area contributed by atoms with Crippen LogP contribution in [0.5, 0.6) is 11.5 Å². The minimum absolute atomic E-state index is 0.0495. The maximum absolute atomic E-state index is 13.0. The Morgan fingerprint density at radius 3 is 2.69 bits per heavy atom. The van der Waals surface area contributed by atoms with E-state index in [0.717, 1.165) is 0 Å². The number of nitrogens with one attached hydrogen (secondary N) is 1. The molecule has 1 fully saturated rings. The van der Waals surface area contributed by atoms with Crippen molar-refractivity contribution in [2.75, 3.05) is 38.2 Å². The van der Waals surface area contributed by atoms with Crippen molar-refractivity contribution in [3.8, 4) is 17.6 Å². The first kappa shape index (κ1) is 23.5. The molecule has 170 valence electrons. The van der Waals surface area contributed by atoms with E-state index in [9.17, 15) is 13.2 Å². The second-order valence-corrected chi connectivity index (χ2v) is 8.93. The molecule has 9 nitrogen and oxygen atoms in total. The van der Waals surface area contributed by atoms with Crippen molar-refractivity contribution in [1.82, 2.24) is 4.31 Å². The van der Waals surface area contributed by atoms with Crippen molar-refractivity contribution in [2.45, 2.75) is 24.8 Å². The Morgan fingerprint density at radius 1 is 1.25 bits per heavy atom. The Balaban J connectivity index is 1.81. The molecule has 0 aromatic heterocycles. The van der Waals surface area contributed by atoms with Crippen molar-refractivity contribution >= 4 is 21.6 Å². The molecule has 1 amide bonds. The van der Waals surface area contributed by atoms with Crippen LogP contribution in [-0.4, -0.2) is 57.6 Å². The summed E-state index contributed by atoms with van der Waals surface area (Å²) in [5.74, 6) is 0.232. The van der Waals surface area contributed by atoms with Gasteiger partial charge in [0.25, 0.3) is 5.91 Å². The highest BCUT2D eigenvalue weighted by molar-refractivity contribution is 7.89. The molecular formula is C22H25N3O6S. The molecule has 3 rings (SSSR count). The monoisotopic (exact) mass is 459 g/mol. The predicted molar refractivity (Wildman–Crippen MR) is 117 cm³/mol. The number of anilines is 1. The van der Waals surface area contributed by atoms with E-state index >= 15 is 0 Å². The van der Waals surface area contributed by atoms with Gasteiger partial charge in [0.05, 0.1) is 42.0 Å². The molecule has 1 unspecified atom stereocenters. The summed E-state index contributed by atoms with van der Waals surface area (Å²) in [5, 5.41) is 11.7. The Morgan fingerprint density at radius 2 is 2.00 bits per heavy atom. The van der Waals surface area contributed by atoms with Crippen LogP contribution in [0.15, 0.2) is 47.4 Å². The molecule has 0 radical (unpaired) electrons. The fourth-order valence-electron chi connectivity index (χ4n) is 3.12. The largest absolute Gasteiger partial charge is 0.492 e. The molecule has 0 bridgehead atoms. The van der Waals surface area contributed by atoms with E-state index in [1.165, 1.54) is 28.6 Å². The highest BCUT2D eigenvalue weighted by atomic mass is 32.2. The lowest BCUT2D eigenvalue weighted by Crippen LogP contribution is -2.40. The third kappa shape index (κ3) is 5.56. The van der Waals surface area contributed by atoms with E-state index in [1.54, 1.807) is 32.0 Å². The summed E-state index contributed by atoms with van der Waals surface area (Å²) in [7, 11) is -3.74. The smallest absolute Gasteiger partial charge is 0.265 e. The first-order valence-electron chi connectivity index (χ1n) is 10.2. The number of hydrogen-bond donors (Lipinski definition) is 1. The van der Waals surface area contributed by atoms with Crippen molar-refractivity contribution in [3.63, 3.8) is 0 Å². The lowest BCUT2D eigenvalue weighted by atomic mass is 10.2. The van der Waals surface area contributed by atoms with Gasteiger partial charge in [-0.25, -0.2) is 8.42 Å². The van der Waals surface area contributed by atoms with Gasteiger partial charge in [-0.1, -0.05) is 6.07 Å². The number of benzene rings is 2. The van der Waals surface area contributed by atoms with E-state index in [0.29, 0.717) is 36.9 Å². The van der Waals surface area contributed by atoms with Crippen molar-refractivity contribution < 1.29 is 27.4 Å². The number of hydrogen-bond acceptors (Lipinski definition) is 7. The summed E-state index contributed by atoms with van der Waals surface area (Å²) in [6.45, 7) is 4.89. The molecule has 0 spiro atoms. The summed E-state index contributed by atoms with van der Waals surface area (Å²) in [6, 6.07) is 12.8. The molecule has 0 aliphatic carbocycles. The number of nitrogens with zero attached hydrogens (tertiary/aromatic N) is 2. The zero-order valence-corrected chi connectivity index (χ0v) is 18.7. The summed E-state index contributed by atoms with van der Waals surface area (Å²) in [5.41, 5.74) is 0.641. The van der Waals surface area contributed by atoms with Crippen molar-refractivity contribution in [2.24, 2.45) is 0 Å². The van der Waals surface area contributed by atoms with E-state index in [-0.39, 0.29) is 23.7 Å². The zero-order chi connectivity index (χ0) is 23.1. The molecule has 0 saturated carbocycles. The number of morpholine rings is 1. The lowest BCUT2D eigenvalue weighted by molar-refractivity contribution is -0.122. The van der Waals surface area contributed by atoms with Gasteiger partial charge in [-0.2, -0.15) is 9.57 Å². The highest BCUT2D eigenvalue weighted by Gasteiger charge is 2.28. The van der Waals surface area contributed by atoms with Crippen LogP contribution in [-0.2, 0) is 19.6 Å². The fraction of sp³-hybridized carbons (Fsp3) is 0.364. The second-order valence-electron chi connectivity index (χ2n) is 7.00. The van der Waals surface area contributed by atoms with Gasteiger partial charge < -0.3 is 19.5 Å². The molecule has 2 aromatic rings. The van der Waals surface area contributed by atoms with Gasteiger partial charge in [0.1, 0.15) is 11.5 Å². The van der Waals surface area contributed by atoms with E-state index in [2.05, 4.69) is 5.32 Å². The summed E-state index contributed by atoms with van der Waals surface area (Å²) in [6.07, 6.45) is -0.905. The minimum Gasteiger partial charge on any atom is -0.492 e. The molecule has 1 aliphatic heterocycles. The van der Waals surface area contributed by atoms with Gasteiger partial charge in [-0.05, 0) is 50.2 Å². The molecule has 10 heteroatoms. The molecule has 2 aromatic carbocycles. The lowest BCUT2D eigenvalue weighted by Gasteiger charge is -2.26. The number of ether oxygens (including phenoxy) is 3. The quantitative estimate of drug-likeness (QED) is 0.644.